The molecule has 0 bridgehead atoms. The van der Waals surface area contributed by atoms with Crippen LogP contribution in [0, 0.1) is 11.3 Å². The van der Waals surface area contributed by atoms with Crippen LogP contribution in [0.2, 0.25) is 0 Å². The van der Waals surface area contributed by atoms with Crippen molar-refractivity contribution in [2.24, 2.45) is 11.3 Å². The highest BCUT2D eigenvalue weighted by atomic mass is 79.9. The van der Waals surface area contributed by atoms with Crippen LogP contribution < -0.4 is 0 Å². The lowest BCUT2D eigenvalue weighted by Gasteiger charge is -2.38. The van der Waals surface area contributed by atoms with Crippen molar-refractivity contribution in [3.8, 4) is 0 Å². The molecule has 2 rings (SSSR count). The molecule has 2 fully saturated rings. The summed E-state index contributed by atoms with van der Waals surface area (Å²) in [6.45, 7) is 3.36. The van der Waals surface area contributed by atoms with Crippen molar-refractivity contribution in [3.63, 3.8) is 0 Å². The van der Waals surface area contributed by atoms with Gasteiger partial charge in [0.1, 0.15) is 0 Å². The zero-order valence-electron chi connectivity index (χ0n) is 11.2. The summed E-state index contributed by atoms with van der Waals surface area (Å²) >= 11 is 3.73. The van der Waals surface area contributed by atoms with Gasteiger partial charge in [0.15, 0.2) is 0 Å². The van der Waals surface area contributed by atoms with Crippen molar-refractivity contribution >= 4 is 15.9 Å². The Morgan fingerprint density at radius 2 is 1.76 bits per heavy atom. The molecular weight excluding hydrogens is 276 g/mol. The van der Waals surface area contributed by atoms with Gasteiger partial charge in [0.2, 0.25) is 0 Å². The molecule has 2 atom stereocenters. The van der Waals surface area contributed by atoms with Crippen LogP contribution in [0.15, 0.2) is 0 Å². The summed E-state index contributed by atoms with van der Waals surface area (Å²) in [5.41, 5.74) is 0.454. The molecule has 0 aromatic carbocycles. The number of ether oxygens (including phenoxy) is 1. The van der Waals surface area contributed by atoms with Crippen LogP contribution in [-0.2, 0) is 4.74 Å². The van der Waals surface area contributed by atoms with Crippen molar-refractivity contribution in [2.75, 3.05) is 11.9 Å². The summed E-state index contributed by atoms with van der Waals surface area (Å²) in [7, 11) is 0. The zero-order chi connectivity index (χ0) is 12.1. The van der Waals surface area contributed by atoms with Gasteiger partial charge in [-0.3, -0.25) is 0 Å². The van der Waals surface area contributed by atoms with E-state index >= 15 is 0 Å². The smallest absolute Gasteiger partial charge is 0.0600 e. The van der Waals surface area contributed by atoms with E-state index in [4.69, 9.17) is 4.74 Å². The molecule has 2 heteroatoms. The maximum absolute atomic E-state index is 6.30. The van der Waals surface area contributed by atoms with E-state index in [0.29, 0.717) is 11.5 Å². The van der Waals surface area contributed by atoms with Crippen LogP contribution in [0.25, 0.3) is 0 Å². The van der Waals surface area contributed by atoms with Gasteiger partial charge in [0, 0.05) is 10.7 Å². The molecular formula is C15H27BrO. The highest BCUT2D eigenvalue weighted by molar-refractivity contribution is 9.09. The van der Waals surface area contributed by atoms with Crippen molar-refractivity contribution in [1.29, 1.82) is 0 Å². The predicted molar refractivity (Wildman–Crippen MR) is 76.7 cm³/mol. The van der Waals surface area contributed by atoms with E-state index in [2.05, 4.69) is 22.9 Å². The average Bonchev–Trinajstić information content (AvgIpc) is 2.39. The molecule has 100 valence electrons. The maximum atomic E-state index is 6.30. The Morgan fingerprint density at radius 1 is 1.06 bits per heavy atom. The number of hydrogen-bond acceptors (Lipinski definition) is 1. The summed E-state index contributed by atoms with van der Waals surface area (Å²) in [6, 6.07) is 0. The summed E-state index contributed by atoms with van der Waals surface area (Å²) in [6.07, 6.45) is 12.9. The van der Waals surface area contributed by atoms with Gasteiger partial charge in [-0.25, -0.2) is 0 Å². The van der Waals surface area contributed by atoms with Crippen LogP contribution in [0.5, 0.6) is 0 Å². The molecule has 0 amide bonds. The number of alkyl halides is 1. The molecule has 17 heavy (non-hydrogen) atoms. The van der Waals surface area contributed by atoms with Crippen LogP contribution >= 0.6 is 15.9 Å². The quantitative estimate of drug-likeness (QED) is 0.669. The van der Waals surface area contributed by atoms with Crippen LogP contribution in [-0.4, -0.2) is 18.0 Å². The molecule has 2 unspecified atom stereocenters. The lowest BCUT2D eigenvalue weighted by molar-refractivity contribution is -0.0519. The minimum Gasteiger partial charge on any atom is -0.377 e. The third-order valence-electron chi connectivity index (χ3n) is 4.83. The normalized spacial score (nSPS) is 33.5. The van der Waals surface area contributed by atoms with Gasteiger partial charge in [0.05, 0.1) is 12.7 Å². The molecule has 2 saturated carbocycles. The molecule has 0 spiro atoms. The monoisotopic (exact) mass is 302 g/mol. The second kappa shape index (κ2) is 6.56. The molecule has 1 nitrogen and oxygen atoms in total. The highest BCUT2D eigenvalue weighted by Gasteiger charge is 2.33. The molecule has 2 aliphatic carbocycles. The van der Waals surface area contributed by atoms with Gasteiger partial charge < -0.3 is 4.74 Å². The molecule has 0 aromatic rings. The second-order valence-corrected chi connectivity index (χ2v) is 6.87. The topological polar surface area (TPSA) is 9.23 Å². The first-order valence-electron chi connectivity index (χ1n) is 7.43. The fourth-order valence-corrected chi connectivity index (χ4v) is 4.15. The third kappa shape index (κ3) is 3.70. The van der Waals surface area contributed by atoms with Gasteiger partial charge in [-0.05, 0) is 31.6 Å². The van der Waals surface area contributed by atoms with E-state index in [1.54, 1.807) is 0 Å². The molecule has 0 radical (unpaired) electrons. The summed E-state index contributed by atoms with van der Waals surface area (Å²) in [5.74, 6) is 0.778. The summed E-state index contributed by atoms with van der Waals surface area (Å²) < 4.78 is 6.30. The third-order valence-corrected chi connectivity index (χ3v) is 6.02. The fraction of sp³-hybridized carbons (Fsp3) is 1.00. The van der Waals surface area contributed by atoms with E-state index in [-0.39, 0.29) is 0 Å². The molecule has 2 aliphatic rings. The number of rotatable bonds is 4. The number of halogens is 1. The van der Waals surface area contributed by atoms with Crippen molar-refractivity contribution in [2.45, 2.75) is 70.8 Å². The molecule has 0 saturated heterocycles. The summed E-state index contributed by atoms with van der Waals surface area (Å²) in [5, 5.41) is 1.13. The van der Waals surface area contributed by atoms with E-state index < -0.39 is 0 Å². The minimum atomic E-state index is 0.454. The Hall–Kier alpha value is 0.440. The molecule has 0 N–H and O–H groups in total. The fourth-order valence-electron chi connectivity index (χ4n) is 3.43. The van der Waals surface area contributed by atoms with Crippen molar-refractivity contribution in [3.05, 3.63) is 0 Å². The van der Waals surface area contributed by atoms with E-state index in [0.717, 1.165) is 17.9 Å². The first-order chi connectivity index (χ1) is 8.26. The predicted octanol–water partition coefficient (Wildman–Crippen LogP) is 4.93. The standard InChI is InChI=1S/C15H27BrO/c1-13-7-3-4-8-14(13)17-12-15(11-16)9-5-2-6-10-15/h13-14H,2-12H2,1H3. The van der Waals surface area contributed by atoms with Gasteiger partial charge in [-0.15, -0.1) is 0 Å². The molecule has 0 aliphatic heterocycles. The first-order valence-corrected chi connectivity index (χ1v) is 8.55. The van der Waals surface area contributed by atoms with Gasteiger partial charge >= 0.3 is 0 Å². The Balaban J connectivity index is 1.82. The maximum Gasteiger partial charge on any atom is 0.0600 e. The highest BCUT2D eigenvalue weighted by Crippen LogP contribution is 2.39. The Labute approximate surface area is 115 Å². The second-order valence-electron chi connectivity index (χ2n) is 6.31. The van der Waals surface area contributed by atoms with E-state index in [9.17, 15) is 0 Å². The van der Waals surface area contributed by atoms with Crippen LogP contribution in [0.4, 0.5) is 0 Å². The SMILES string of the molecule is CC1CCCCC1OCC1(CBr)CCCCC1. The Morgan fingerprint density at radius 3 is 2.41 bits per heavy atom. The van der Waals surface area contributed by atoms with E-state index in [1.807, 2.05) is 0 Å². The molecule has 0 aromatic heterocycles. The van der Waals surface area contributed by atoms with Gasteiger partial charge in [0.25, 0.3) is 0 Å². The molecule has 0 heterocycles. The summed E-state index contributed by atoms with van der Waals surface area (Å²) in [4.78, 5) is 0. The Kier molecular flexibility index (Phi) is 5.35. The zero-order valence-corrected chi connectivity index (χ0v) is 12.8. The van der Waals surface area contributed by atoms with Crippen LogP contribution in [0.3, 0.4) is 0 Å². The number of hydrogen-bond donors (Lipinski definition) is 0. The minimum absolute atomic E-state index is 0.454. The first kappa shape index (κ1) is 13.9. The lowest BCUT2D eigenvalue weighted by Crippen LogP contribution is -2.35. The van der Waals surface area contributed by atoms with Crippen molar-refractivity contribution in [1.82, 2.24) is 0 Å². The van der Waals surface area contributed by atoms with Crippen LogP contribution in [0.1, 0.15) is 64.7 Å². The Bertz CT molecular complexity index is 223. The van der Waals surface area contributed by atoms with Crippen molar-refractivity contribution < 1.29 is 4.74 Å². The lowest BCUT2D eigenvalue weighted by atomic mass is 9.76. The van der Waals surface area contributed by atoms with Gasteiger partial charge in [-0.2, -0.15) is 0 Å². The average molecular weight is 303 g/mol. The van der Waals surface area contributed by atoms with E-state index in [1.165, 1.54) is 57.8 Å². The van der Waals surface area contributed by atoms with Gasteiger partial charge in [-0.1, -0.05) is 55.0 Å². The largest absolute Gasteiger partial charge is 0.377 e.